The molecule has 0 radical (unpaired) electrons. The Labute approximate surface area is 147 Å². The average Bonchev–Trinajstić information content (AvgIpc) is 2.92. The van der Waals surface area contributed by atoms with Gasteiger partial charge < -0.3 is 10.2 Å². The summed E-state index contributed by atoms with van der Waals surface area (Å²) in [6.45, 7) is 2.05. The fraction of sp³-hybridized carbons (Fsp3) is 0.438. The maximum absolute atomic E-state index is 12.7. The van der Waals surface area contributed by atoms with Crippen molar-refractivity contribution in [3.8, 4) is 0 Å². The zero-order valence-corrected chi connectivity index (χ0v) is 14.1. The van der Waals surface area contributed by atoms with Crippen molar-refractivity contribution in [3.05, 3.63) is 23.6 Å². The molecule has 26 heavy (non-hydrogen) atoms. The Hall–Kier alpha value is -2.78. The van der Waals surface area contributed by atoms with Crippen LogP contribution in [0.15, 0.2) is 16.5 Å². The minimum Gasteiger partial charge on any atom is -0.430 e. The van der Waals surface area contributed by atoms with E-state index in [0.29, 0.717) is 6.42 Å². The summed E-state index contributed by atoms with van der Waals surface area (Å²) in [4.78, 5) is 27.0. The molecule has 0 saturated carbocycles. The predicted molar refractivity (Wildman–Crippen MR) is 87.8 cm³/mol. The third-order valence-electron chi connectivity index (χ3n) is 3.66. The van der Waals surface area contributed by atoms with Gasteiger partial charge in [0, 0.05) is 6.42 Å². The third-order valence-corrected chi connectivity index (χ3v) is 3.66. The van der Waals surface area contributed by atoms with Gasteiger partial charge in [0.05, 0.1) is 11.1 Å². The summed E-state index contributed by atoms with van der Waals surface area (Å²) >= 11 is 0. The van der Waals surface area contributed by atoms with Crippen molar-refractivity contribution in [1.82, 2.24) is 15.8 Å². The standard InChI is InChI=1S/C16H19F3N4O3/c1-2-3-4-5-6-11(24)22-23-14(25)13-12(20)9-7-8-10(16(17,18)19)21-15(9)26-13/h7-8H,2-6,20H2,1H3,(H,22,24)(H,23,25). The summed E-state index contributed by atoms with van der Waals surface area (Å²) in [5.74, 6) is -1.68. The number of hydrogen-bond acceptors (Lipinski definition) is 5. The number of aromatic nitrogens is 1. The first-order chi connectivity index (χ1) is 12.2. The van der Waals surface area contributed by atoms with Crippen molar-refractivity contribution in [2.75, 3.05) is 5.73 Å². The number of carbonyl (C=O) groups is 2. The Bertz CT molecular complexity index is 802. The quantitative estimate of drug-likeness (QED) is 0.533. The first kappa shape index (κ1) is 19.5. The highest BCUT2D eigenvalue weighted by Gasteiger charge is 2.33. The van der Waals surface area contributed by atoms with Gasteiger partial charge in [-0.1, -0.05) is 26.2 Å². The minimum atomic E-state index is -4.65. The SMILES string of the molecule is CCCCCCC(=O)NNC(=O)c1oc2nc(C(F)(F)F)ccc2c1N. The number of amides is 2. The van der Waals surface area contributed by atoms with Gasteiger partial charge in [-0.3, -0.25) is 20.4 Å². The van der Waals surface area contributed by atoms with E-state index in [9.17, 15) is 22.8 Å². The number of nitrogens with one attached hydrogen (secondary N) is 2. The Morgan fingerprint density at radius 1 is 1.19 bits per heavy atom. The number of hydrogen-bond donors (Lipinski definition) is 3. The Morgan fingerprint density at radius 3 is 2.58 bits per heavy atom. The van der Waals surface area contributed by atoms with Crippen LogP contribution in [0.5, 0.6) is 0 Å². The van der Waals surface area contributed by atoms with E-state index in [2.05, 4.69) is 15.8 Å². The number of alkyl halides is 3. The molecule has 0 unspecified atom stereocenters. The molecule has 4 N–H and O–H groups in total. The van der Waals surface area contributed by atoms with Crippen LogP contribution < -0.4 is 16.6 Å². The summed E-state index contributed by atoms with van der Waals surface area (Å²) in [5.41, 5.74) is 8.34. The highest BCUT2D eigenvalue weighted by atomic mass is 19.4. The van der Waals surface area contributed by atoms with Crippen LogP contribution >= 0.6 is 0 Å². The molecule has 0 fully saturated rings. The number of nitrogens with zero attached hydrogens (tertiary/aromatic N) is 1. The minimum absolute atomic E-state index is 0.0778. The van der Waals surface area contributed by atoms with Gasteiger partial charge in [-0.05, 0) is 18.6 Å². The van der Waals surface area contributed by atoms with Crippen LogP contribution in [0.4, 0.5) is 18.9 Å². The summed E-state index contributed by atoms with van der Waals surface area (Å²) in [5, 5.41) is 0.0778. The molecule has 2 rings (SSSR count). The number of nitrogen functional groups attached to an aromatic ring is 1. The summed E-state index contributed by atoms with van der Waals surface area (Å²) in [6, 6.07) is 1.82. The van der Waals surface area contributed by atoms with Gasteiger partial charge in [-0.25, -0.2) is 4.98 Å². The van der Waals surface area contributed by atoms with Gasteiger partial charge in [-0.2, -0.15) is 13.2 Å². The summed E-state index contributed by atoms with van der Waals surface area (Å²) < 4.78 is 43.1. The fourth-order valence-electron chi connectivity index (χ4n) is 2.28. The molecule has 2 aromatic heterocycles. The van der Waals surface area contributed by atoms with Gasteiger partial charge in [0.1, 0.15) is 5.69 Å². The summed E-state index contributed by atoms with van der Waals surface area (Å²) in [7, 11) is 0. The van der Waals surface area contributed by atoms with Crippen LogP contribution in [0.1, 0.15) is 55.3 Å². The molecular formula is C16H19F3N4O3. The molecule has 2 amide bonds. The molecule has 0 aliphatic heterocycles. The monoisotopic (exact) mass is 372 g/mol. The second-order valence-corrected chi connectivity index (χ2v) is 5.70. The number of anilines is 1. The number of rotatable bonds is 6. The van der Waals surface area contributed by atoms with Crippen LogP contribution in [0, 0.1) is 0 Å². The van der Waals surface area contributed by atoms with E-state index in [4.69, 9.17) is 10.2 Å². The number of furan rings is 1. The van der Waals surface area contributed by atoms with E-state index < -0.39 is 29.3 Å². The first-order valence-corrected chi connectivity index (χ1v) is 8.09. The zero-order chi connectivity index (χ0) is 19.3. The molecule has 0 spiro atoms. The Balaban J connectivity index is 2.03. The van der Waals surface area contributed by atoms with E-state index in [1.54, 1.807) is 0 Å². The lowest BCUT2D eigenvalue weighted by Gasteiger charge is -2.06. The molecular weight excluding hydrogens is 353 g/mol. The number of nitrogens with two attached hydrogens (primary N) is 1. The van der Waals surface area contributed by atoms with Crippen LogP contribution in [0.2, 0.25) is 0 Å². The van der Waals surface area contributed by atoms with Crippen molar-refractivity contribution in [2.24, 2.45) is 0 Å². The fourth-order valence-corrected chi connectivity index (χ4v) is 2.28. The number of hydrazine groups is 1. The van der Waals surface area contributed by atoms with E-state index in [1.807, 2.05) is 6.92 Å². The molecule has 0 bridgehead atoms. The van der Waals surface area contributed by atoms with Crippen molar-refractivity contribution in [3.63, 3.8) is 0 Å². The van der Waals surface area contributed by atoms with E-state index in [-0.39, 0.29) is 23.4 Å². The maximum Gasteiger partial charge on any atom is 0.433 e. The molecule has 0 saturated heterocycles. The molecule has 2 heterocycles. The molecule has 0 aliphatic carbocycles. The highest BCUT2D eigenvalue weighted by Crippen LogP contribution is 2.32. The van der Waals surface area contributed by atoms with Crippen LogP contribution in [0.3, 0.4) is 0 Å². The maximum atomic E-state index is 12.7. The highest BCUT2D eigenvalue weighted by molar-refractivity contribution is 6.05. The van der Waals surface area contributed by atoms with E-state index in [0.717, 1.165) is 31.4 Å². The predicted octanol–water partition coefficient (Wildman–Crippen LogP) is 3.16. The lowest BCUT2D eigenvalue weighted by molar-refractivity contribution is -0.141. The Kier molecular flexibility index (Phi) is 6.06. The summed E-state index contributed by atoms with van der Waals surface area (Å²) in [6.07, 6.45) is -0.764. The van der Waals surface area contributed by atoms with Gasteiger partial charge in [0.15, 0.2) is 0 Å². The molecule has 2 aromatic rings. The second kappa shape index (κ2) is 8.07. The number of fused-ring (bicyclic) bond motifs is 1. The molecule has 0 aliphatic rings. The van der Waals surface area contributed by atoms with Crippen LogP contribution in [0.25, 0.3) is 11.1 Å². The van der Waals surface area contributed by atoms with Crippen molar-refractivity contribution in [1.29, 1.82) is 0 Å². The van der Waals surface area contributed by atoms with Crippen molar-refractivity contribution < 1.29 is 27.2 Å². The first-order valence-electron chi connectivity index (χ1n) is 8.09. The lowest BCUT2D eigenvalue weighted by atomic mass is 10.1. The zero-order valence-electron chi connectivity index (χ0n) is 14.1. The molecule has 142 valence electrons. The Morgan fingerprint density at radius 2 is 1.92 bits per heavy atom. The van der Waals surface area contributed by atoms with Crippen LogP contribution in [-0.4, -0.2) is 16.8 Å². The van der Waals surface area contributed by atoms with Gasteiger partial charge >= 0.3 is 12.1 Å². The molecule has 0 atom stereocenters. The van der Waals surface area contributed by atoms with Gasteiger partial charge in [0.25, 0.3) is 0 Å². The van der Waals surface area contributed by atoms with E-state index >= 15 is 0 Å². The normalized spacial score (nSPS) is 11.5. The van der Waals surface area contributed by atoms with Gasteiger partial charge in [-0.15, -0.1) is 0 Å². The number of carbonyl (C=O) groups excluding carboxylic acids is 2. The van der Waals surface area contributed by atoms with Crippen molar-refractivity contribution >= 4 is 28.6 Å². The number of pyridine rings is 1. The third kappa shape index (κ3) is 4.64. The molecule has 0 aromatic carbocycles. The molecule has 10 heteroatoms. The number of halogens is 3. The smallest absolute Gasteiger partial charge is 0.430 e. The number of unbranched alkanes of at least 4 members (excludes halogenated alkanes) is 3. The van der Waals surface area contributed by atoms with Crippen LogP contribution in [-0.2, 0) is 11.0 Å². The second-order valence-electron chi connectivity index (χ2n) is 5.70. The average molecular weight is 372 g/mol. The largest absolute Gasteiger partial charge is 0.433 e. The van der Waals surface area contributed by atoms with Gasteiger partial charge in [0.2, 0.25) is 17.4 Å². The topological polar surface area (TPSA) is 110 Å². The van der Waals surface area contributed by atoms with Crippen molar-refractivity contribution in [2.45, 2.75) is 45.2 Å². The molecule has 7 nitrogen and oxygen atoms in total. The van der Waals surface area contributed by atoms with E-state index in [1.165, 1.54) is 0 Å². The lowest BCUT2D eigenvalue weighted by Crippen LogP contribution is -2.41.